The molecule has 0 heterocycles. The minimum absolute atomic E-state index is 0.275. The van der Waals surface area contributed by atoms with Crippen molar-refractivity contribution < 1.29 is 5.11 Å². The van der Waals surface area contributed by atoms with Gasteiger partial charge < -0.3 is 5.11 Å². The second-order valence-corrected chi connectivity index (χ2v) is 4.53. The van der Waals surface area contributed by atoms with Crippen molar-refractivity contribution in [3.8, 4) is 0 Å². The number of aliphatic hydroxyl groups is 1. The lowest BCUT2D eigenvalue weighted by Crippen LogP contribution is -2.08. The zero-order valence-electron chi connectivity index (χ0n) is 8.40. The Morgan fingerprint density at radius 1 is 1.46 bits per heavy atom. The summed E-state index contributed by atoms with van der Waals surface area (Å²) in [5, 5.41) is 9.37. The molecule has 1 heteroatoms. The summed E-state index contributed by atoms with van der Waals surface area (Å²) in [6, 6.07) is 0. The van der Waals surface area contributed by atoms with Crippen LogP contribution in [0, 0.1) is 17.8 Å². The molecule has 1 N–H and O–H groups in total. The lowest BCUT2D eigenvalue weighted by molar-refractivity contribution is 0.230. The van der Waals surface area contributed by atoms with Gasteiger partial charge in [-0.1, -0.05) is 18.2 Å². The van der Waals surface area contributed by atoms with E-state index in [4.69, 9.17) is 0 Å². The largest absolute Gasteiger partial charge is 0.389 e. The zero-order valence-corrected chi connectivity index (χ0v) is 8.40. The SMILES string of the molecule is C/C(=C\C1C[C@@H]2C=C[C@H]1C2)C(C)O. The molecule has 2 rings (SSSR count). The standard InChI is InChI=1S/C12H18O/c1-8(9(2)13)5-12-7-10-3-4-11(12)6-10/h3-5,9-13H,6-7H2,1-2H3/b8-5+/t9?,10-,11+,12?/m1/s1. The van der Waals surface area contributed by atoms with Crippen molar-refractivity contribution in [2.45, 2.75) is 32.8 Å². The number of allylic oxidation sites excluding steroid dienone is 3. The minimum atomic E-state index is -0.275. The fourth-order valence-electron chi connectivity index (χ4n) is 2.49. The molecule has 1 nitrogen and oxygen atoms in total. The lowest BCUT2D eigenvalue weighted by atomic mass is 9.91. The van der Waals surface area contributed by atoms with E-state index < -0.39 is 0 Å². The number of hydrogen-bond donors (Lipinski definition) is 1. The van der Waals surface area contributed by atoms with Crippen LogP contribution in [0.15, 0.2) is 23.8 Å². The predicted molar refractivity (Wildman–Crippen MR) is 54.3 cm³/mol. The Balaban J connectivity index is 2.04. The topological polar surface area (TPSA) is 20.2 Å². The van der Waals surface area contributed by atoms with Gasteiger partial charge in [-0.3, -0.25) is 0 Å². The molecule has 4 atom stereocenters. The third kappa shape index (κ3) is 1.71. The van der Waals surface area contributed by atoms with Gasteiger partial charge in [0, 0.05) is 0 Å². The summed E-state index contributed by atoms with van der Waals surface area (Å²) in [4.78, 5) is 0. The number of aliphatic hydroxyl groups excluding tert-OH is 1. The van der Waals surface area contributed by atoms with Crippen molar-refractivity contribution in [3.63, 3.8) is 0 Å². The first-order valence-electron chi connectivity index (χ1n) is 5.21. The van der Waals surface area contributed by atoms with Crippen LogP contribution >= 0.6 is 0 Å². The molecular formula is C12H18O. The zero-order chi connectivity index (χ0) is 9.42. The molecule has 0 aromatic rings. The monoisotopic (exact) mass is 178 g/mol. The molecule has 1 fully saturated rings. The van der Waals surface area contributed by atoms with Crippen molar-refractivity contribution in [2.75, 3.05) is 0 Å². The van der Waals surface area contributed by atoms with Crippen LogP contribution in [0.5, 0.6) is 0 Å². The molecule has 2 unspecified atom stereocenters. The summed E-state index contributed by atoms with van der Waals surface area (Å²) in [6.07, 6.45) is 9.35. The highest BCUT2D eigenvalue weighted by molar-refractivity contribution is 5.17. The molecular weight excluding hydrogens is 160 g/mol. The van der Waals surface area contributed by atoms with Crippen LogP contribution in [-0.4, -0.2) is 11.2 Å². The fraction of sp³-hybridized carbons (Fsp3) is 0.667. The van der Waals surface area contributed by atoms with Gasteiger partial charge in [0.15, 0.2) is 0 Å². The molecule has 2 aliphatic carbocycles. The molecule has 0 aromatic carbocycles. The Hall–Kier alpha value is -0.560. The molecule has 0 radical (unpaired) electrons. The van der Waals surface area contributed by atoms with Crippen LogP contribution in [0.4, 0.5) is 0 Å². The van der Waals surface area contributed by atoms with Crippen LogP contribution < -0.4 is 0 Å². The first kappa shape index (κ1) is 9.01. The van der Waals surface area contributed by atoms with E-state index in [0.29, 0.717) is 5.92 Å². The van der Waals surface area contributed by atoms with Crippen LogP contribution in [0.2, 0.25) is 0 Å². The van der Waals surface area contributed by atoms with Gasteiger partial charge in [-0.05, 0) is 50.0 Å². The van der Waals surface area contributed by atoms with E-state index >= 15 is 0 Å². The first-order chi connectivity index (χ1) is 6.16. The molecule has 72 valence electrons. The normalized spacial score (nSPS) is 39.9. The lowest BCUT2D eigenvalue weighted by Gasteiger charge is -2.15. The van der Waals surface area contributed by atoms with Gasteiger partial charge in [-0.25, -0.2) is 0 Å². The van der Waals surface area contributed by atoms with Gasteiger partial charge in [-0.15, -0.1) is 0 Å². The van der Waals surface area contributed by atoms with Crippen LogP contribution in [-0.2, 0) is 0 Å². The molecule has 0 spiro atoms. The van der Waals surface area contributed by atoms with E-state index in [-0.39, 0.29) is 6.10 Å². The van der Waals surface area contributed by atoms with Crippen LogP contribution in [0.25, 0.3) is 0 Å². The average molecular weight is 178 g/mol. The highest BCUT2D eigenvalue weighted by Crippen LogP contribution is 2.44. The molecule has 0 aromatic heterocycles. The van der Waals surface area contributed by atoms with Gasteiger partial charge in [0.1, 0.15) is 0 Å². The fourth-order valence-corrected chi connectivity index (χ4v) is 2.49. The Kier molecular flexibility index (Phi) is 2.29. The van der Waals surface area contributed by atoms with Crippen molar-refractivity contribution in [2.24, 2.45) is 17.8 Å². The molecule has 2 bridgehead atoms. The predicted octanol–water partition coefficient (Wildman–Crippen LogP) is 2.53. The summed E-state index contributed by atoms with van der Waals surface area (Å²) in [6.45, 7) is 3.87. The van der Waals surface area contributed by atoms with Crippen molar-refractivity contribution >= 4 is 0 Å². The van der Waals surface area contributed by atoms with E-state index in [1.165, 1.54) is 12.8 Å². The van der Waals surface area contributed by atoms with Crippen LogP contribution in [0.1, 0.15) is 26.7 Å². The third-order valence-electron chi connectivity index (χ3n) is 3.47. The quantitative estimate of drug-likeness (QED) is 0.644. The number of hydrogen-bond acceptors (Lipinski definition) is 1. The smallest absolute Gasteiger partial charge is 0.0719 e. The summed E-state index contributed by atoms with van der Waals surface area (Å²) < 4.78 is 0. The molecule has 0 aliphatic heterocycles. The maximum absolute atomic E-state index is 9.37. The third-order valence-corrected chi connectivity index (χ3v) is 3.47. The highest BCUT2D eigenvalue weighted by Gasteiger charge is 2.34. The molecule has 2 aliphatic rings. The Bertz CT molecular complexity index is 250. The van der Waals surface area contributed by atoms with Crippen LogP contribution in [0.3, 0.4) is 0 Å². The second-order valence-electron chi connectivity index (χ2n) is 4.53. The van der Waals surface area contributed by atoms with E-state index in [1.807, 2.05) is 13.8 Å². The average Bonchev–Trinajstić information content (AvgIpc) is 2.64. The van der Waals surface area contributed by atoms with Crippen molar-refractivity contribution in [1.82, 2.24) is 0 Å². The Morgan fingerprint density at radius 2 is 2.23 bits per heavy atom. The maximum Gasteiger partial charge on any atom is 0.0719 e. The minimum Gasteiger partial charge on any atom is -0.389 e. The van der Waals surface area contributed by atoms with Crippen molar-refractivity contribution in [1.29, 1.82) is 0 Å². The number of rotatable bonds is 2. The second kappa shape index (κ2) is 3.30. The Morgan fingerprint density at radius 3 is 2.69 bits per heavy atom. The first-order valence-corrected chi connectivity index (χ1v) is 5.21. The van der Waals surface area contributed by atoms with Gasteiger partial charge in [0.25, 0.3) is 0 Å². The highest BCUT2D eigenvalue weighted by atomic mass is 16.3. The molecule has 0 amide bonds. The van der Waals surface area contributed by atoms with Gasteiger partial charge >= 0.3 is 0 Å². The molecule has 1 saturated carbocycles. The summed E-state index contributed by atoms with van der Waals surface area (Å²) in [5.74, 6) is 2.29. The van der Waals surface area contributed by atoms with E-state index in [2.05, 4.69) is 18.2 Å². The van der Waals surface area contributed by atoms with Gasteiger partial charge in [0.05, 0.1) is 6.10 Å². The van der Waals surface area contributed by atoms with E-state index in [9.17, 15) is 5.11 Å². The van der Waals surface area contributed by atoms with Gasteiger partial charge in [0.2, 0.25) is 0 Å². The summed E-state index contributed by atoms with van der Waals surface area (Å²) in [5.41, 5.74) is 1.13. The Labute approximate surface area is 80.2 Å². The van der Waals surface area contributed by atoms with E-state index in [1.54, 1.807) is 0 Å². The maximum atomic E-state index is 9.37. The summed E-state index contributed by atoms with van der Waals surface area (Å²) in [7, 11) is 0. The molecule has 13 heavy (non-hydrogen) atoms. The number of fused-ring (bicyclic) bond motifs is 2. The van der Waals surface area contributed by atoms with Crippen molar-refractivity contribution in [3.05, 3.63) is 23.8 Å². The molecule has 0 saturated heterocycles. The van der Waals surface area contributed by atoms with E-state index in [0.717, 1.165) is 17.4 Å². The van der Waals surface area contributed by atoms with Gasteiger partial charge in [-0.2, -0.15) is 0 Å². The summed E-state index contributed by atoms with van der Waals surface area (Å²) >= 11 is 0.